The summed E-state index contributed by atoms with van der Waals surface area (Å²) in [5.74, 6) is 0.0629. The molecule has 0 fully saturated rings. The SMILES string of the molecule is C/C(O)=C(\[N+]#N)c1nnnn1C. The first-order chi connectivity index (χ1) is 5.66. The van der Waals surface area contributed by atoms with E-state index in [0.717, 1.165) is 0 Å². The van der Waals surface area contributed by atoms with Crippen molar-refractivity contribution in [3.8, 4) is 0 Å². The first-order valence-corrected chi connectivity index (χ1v) is 3.14. The van der Waals surface area contributed by atoms with Crippen LogP contribution in [0, 0.1) is 5.39 Å². The van der Waals surface area contributed by atoms with E-state index in [1.807, 2.05) is 0 Å². The molecule has 12 heavy (non-hydrogen) atoms. The summed E-state index contributed by atoms with van der Waals surface area (Å²) < 4.78 is 1.29. The Hall–Kier alpha value is -1.97. The van der Waals surface area contributed by atoms with Gasteiger partial charge in [0.1, 0.15) is 0 Å². The largest absolute Gasteiger partial charge is 0.505 e. The molecule has 0 atom stereocenters. The molecule has 0 aliphatic heterocycles. The van der Waals surface area contributed by atoms with Crippen LogP contribution in [0.25, 0.3) is 10.7 Å². The Morgan fingerprint density at radius 3 is 2.67 bits per heavy atom. The van der Waals surface area contributed by atoms with Crippen LogP contribution in [-0.4, -0.2) is 25.3 Å². The highest BCUT2D eigenvalue weighted by Gasteiger charge is 2.25. The Labute approximate surface area is 67.9 Å². The highest BCUT2D eigenvalue weighted by molar-refractivity contribution is 5.66. The van der Waals surface area contributed by atoms with Crippen LogP contribution < -0.4 is 0 Å². The van der Waals surface area contributed by atoms with Gasteiger partial charge >= 0.3 is 5.70 Å². The van der Waals surface area contributed by atoms with Crippen molar-refractivity contribution in [1.29, 1.82) is 5.39 Å². The fourth-order valence-electron chi connectivity index (χ4n) is 0.709. The average Bonchev–Trinajstić information content (AvgIpc) is 2.38. The topological polar surface area (TPSA) is 92.0 Å². The molecule has 0 aliphatic carbocycles. The van der Waals surface area contributed by atoms with Crippen molar-refractivity contribution in [1.82, 2.24) is 20.2 Å². The number of tetrazole rings is 1. The standard InChI is InChI=1S/C5H6N6O/c1-3(12)4(7-6)5-8-9-10-11(5)2/h1-2H3/p+1. The predicted molar refractivity (Wildman–Crippen MR) is 39.1 cm³/mol. The highest BCUT2D eigenvalue weighted by atomic mass is 16.3. The number of hydrogen-bond donors (Lipinski definition) is 1. The molecular formula is C5H7N6O+. The molecule has 1 rings (SSSR count). The van der Waals surface area contributed by atoms with E-state index in [2.05, 4.69) is 20.5 Å². The van der Waals surface area contributed by atoms with Crippen molar-refractivity contribution in [2.45, 2.75) is 6.92 Å². The maximum absolute atomic E-state index is 9.03. The van der Waals surface area contributed by atoms with Gasteiger partial charge in [-0.05, 0) is 10.4 Å². The van der Waals surface area contributed by atoms with Gasteiger partial charge in [0, 0.05) is 14.0 Å². The van der Waals surface area contributed by atoms with E-state index in [4.69, 9.17) is 10.5 Å². The first kappa shape index (κ1) is 8.13. The highest BCUT2D eigenvalue weighted by Crippen LogP contribution is 2.13. The minimum atomic E-state index is -0.143. The van der Waals surface area contributed by atoms with Crippen molar-refractivity contribution in [2.75, 3.05) is 0 Å². The lowest BCUT2D eigenvalue weighted by Crippen LogP contribution is -1.98. The number of aryl methyl sites for hydroxylation is 1. The molecule has 0 radical (unpaired) electrons. The van der Waals surface area contributed by atoms with E-state index < -0.39 is 0 Å². The fourth-order valence-corrected chi connectivity index (χ4v) is 0.709. The zero-order valence-electron chi connectivity index (χ0n) is 6.63. The zero-order valence-corrected chi connectivity index (χ0v) is 6.63. The van der Waals surface area contributed by atoms with E-state index in [-0.39, 0.29) is 17.3 Å². The number of aromatic nitrogens is 4. The molecule has 1 aromatic heterocycles. The van der Waals surface area contributed by atoms with Gasteiger partial charge in [-0.15, -0.1) is 5.10 Å². The molecule has 0 bridgehead atoms. The summed E-state index contributed by atoms with van der Waals surface area (Å²) >= 11 is 0. The number of aliphatic hydroxyl groups is 1. The Morgan fingerprint density at radius 2 is 2.33 bits per heavy atom. The normalized spacial score (nSPS) is 12.1. The van der Waals surface area contributed by atoms with Crippen LogP contribution in [0.5, 0.6) is 0 Å². The van der Waals surface area contributed by atoms with Crippen LogP contribution in [0.4, 0.5) is 0 Å². The third kappa shape index (κ3) is 1.22. The number of diazo groups is 1. The van der Waals surface area contributed by atoms with Crippen LogP contribution in [-0.2, 0) is 7.05 Å². The summed E-state index contributed by atoms with van der Waals surface area (Å²) in [6.07, 6.45) is 0. The quantitative estimate of drug-likeness (QED) is 0.480. The van der Waals surface area contributed by atoms with E-state index >= 15 is 0 Å². The second kappa shape index (κ2) is 2.96. The first-order valence-electron chi connectivity index (χ1n) is 3.14. The Balaban J connectivity index is 3.24. The molecule has 7 heteroatoms. The smallest absolute Gasteiger partial charge is 0.467 e. The van der Waals surface area contributed by atoms with Crippen LogP contribution in [0.15, 0.2) is 5.76 Å². The molecule has 0 saturated carbocycles. The van der Waals surface area contributed by atoms with Gasteiger partial charge in [-0.2, -0.15) is 0 Å². The van der Waals surface area contributed by atoms with Crippen molar-refractivity contribution in [2.24, 2.45) is 7.05 Å². The van der Waals surface area contributed by atoms with E-state index in [1.165, 1.54) is 11.6 Å². The van der Waals surface area contributed by atoms with Gasteiger partial charge in [0.15, 0.2) is 10.7 Å². The van der Waals surface area contributed by atoms with Crippen molar-refractivity contribution in [3.05, 3.63) is 16.6 Å². The van der Waals surface area contributed by atoms with Gasteiger partial charge in [-0.1, -0.05) is 0 Å². The van der Waals surface area contributed by atoms with E-state index in [9.17, 15) is 0 Å². The molecule has 0 aromatic carbocycles. The number of hydrogen-bond acceptors (Lipinski definition) is 5. The number of allylic oxidation sites excluding steroid dienone is 1. The summed E-state index contributed by atoms with van der Waals surface area (Å²) in [4.78, 5) is 2.86. The predicted octanol–water partition coefficient (Wildman–Crippen LogP) is 0.310. The minimum Gasteiger partial charge on any atom is -0.505 e. The van der Waals surface area contributed by atoms with Crippen LogP contribution in [0.2, 0.25) is 0 Å². The van der Waals surface area contributed by atoms with Crippen LogP contribution >= 0.6 is 0 Å². The van der Waals surface area contributed by atoms with Gasteiger partial charge < -0.3 is 5.11 Å². The second-order valence-corrected chi connectivity index (χ2v) is 2.16. The molecule has 1 heterocycles. The maximum Gasteiger partial charge on any atom is 0.467 e. The van der Waals surface area contributed by atoms with Crippen LogP contribution in [0.3, 0.4) is 0 Å². The maximum atomic E-state index is 9.03. The fraction of sp³-hybridized carbons (Fsp3) is 0.400. The lowest BCUT2D eigenvalue weighted by atomic mass is 10.4. The molecule has 0 unspecified atom stereocenters. The minimum absolute atomic E-state index is 0.0394. The van der Waals surface area contributed by atoms with E-state index in [0.29, 0.717) is 0 Å². The Kier molecular flexibility index (Phi) is 2.00. The molecule has 62 valence electrons. The Bertz CT molecular complexity index is 354. The molecule has 0 aliphatic rings. The summed E-state index contributed by atoms with van der Waals surface area (Å²) in [5.41, 5.74) is -0.0394. The molecule has 7 nitrogen and oxygen atoms in total. The third-order valence-electron chi connectivity index (χ3n) is 1.27. The van der Waals surface area contributed by atoms with Gasteiger partial charge in [-0.25, -0.2) is 4.68 Å². The molecule has 0 spiro atoms. The van der Waals surface area contributed by atoms with Gasteiger partial charge in [0.2, 0.25) is 5.39 Å². The third-order valence-corrected chi connectivity index (χ3v) is 1.27. The second-order valence-electron chi connectivity index (χ2n) is 2.16. The van der Waals surface area contributed by atoms with Gasteiger partial charge in [0.05, 0.1) is 0 Å². The number of aliphatic hydroxyl groups excluding tert-OH is 1. The molecule has 1 N–H and O–H groups in total. The summed E-state index contributed by atoms with van der Waals surface area (Å²) in [6.45, 7) is 1.38. The summed E-state index contributed by atoms with van der Waals surface area (Å²) in [6, 6.07) is 0. The number of rotatable bonds is 1. The molecular weight excluding hydrogens is 160 g/mol. The average molecular weight is 167 g/mol. The summed E-state index contributed by atoms with van der Waals surface area (Å²) in [5, 5.41) is 27.9. The molecule has 0 saturated heterocycles. The van der Waals surface area contributed by atoms with Crippen molar-refractivity contribution < 1.29 is 5.11 Å². The van der Waals surface area contributed by atoms with E-state index in [1.54, 1.807) is 7.05 Å². The summed E-state index contributed by atoms with van der Waals surface area (Å²) in [7, 11) is 1.57. The molecule has 1 aromatic rings. The monoisotopic (exact) mass is 167 g/mol. The van der Waals surface area contributed by atoms with Gasteiger partial charge in [-0.3, -0.25) is 0 Å². The zero-order chi connectivity index (χ0) is 9.14. The Morgan fingerprint density at radius 1 is 1.67 bits per heavy atom. The van der Waals surface area contributed by atoms with Crippen molar-refractivity contribution in [3.63, 3.8) is 0 Å². The lowest BCUT2D eigenvalue weighted by molar-refractivity contribution is 0.416. The van der Waals surface area contributed by atoms with Gasteiger partial charge in [0.25, 0.3) is 5.82 Å². The number of nitrogens with zero attached hydrogens (tertiary/aromatic N) is 6. The van der Waals surface area contributed by atoms with Crippen molar-refractivity contribution >= 4 is 5.70 Å². The lowest BCUT2D eigenvalue weighted by Gasteiger charge is -1.86. The molecule has 0 amide bonds. The van der Waals surface area contributed by atoms with Crippen LogP contribution in [0.1, 0.15) is 12.7 Å².